The van der Waals surface area contributed by atoms with Crippen molar-refractivity contribution in [2.24, 2.45) is 0 Å². The summed E-state index contributed by atoms with van der Waals surface area (Å²) in [5.41, 5.74) is 1.78. The lowest BCUT2D eigenvalue weighted by Crippen LogP contribution is -1.96. The fraction of sp³-hybridized carbons (Fsp3) is 0.0667. The molecular formula is C15H10FN3O3. The maximum Gasteiger partial charge on any atom is 0.293 e. The highest BCUT2D eigenvalue weighted by molar-refractivity contribution is 5.72. The molecule has 7 heteroatoms. The van der Waals surface area contributed by atoms with Gasteiger partial charge in [0, 0.05) is 23.5 Å². The van der Waals surface area contributed by atoms with Crippen LogP contribution in [0, 0.1) is 5.82 Å². The maximum atomic E-state index is 13.0. The second-order valence-electron chi connectivity index (χ2n) is 4.36. The Morgan fingerprint density at radius 3 is 2.55 bits per heavy atom. The molecule has 3 aromatic rings. The van der Waals surface area contributed by atoms with Gasteiger partial charge in [0.1, 0.15) is 12.4 Å². The lowest BCUT2D eigenvalue weighted by molar-refractivity contribution is -0.129. The van der Waals surface area contributed by atoms with Gasteiger partial charge in [-0.15, -0.1) is 0 Å². The predicted molar refractivity (Wildman–Crippen MR) is 73.8 cm³/mol. The van der Waals surface area contributed by atoms with Crippen LogP contribution in [0.3, 0.4) is 0 Å². The Labute approximate surface area is 124 Å². The predicted octanol–water partition coefficient (Wildman–Crippen LogP) is 2.61. The molecule has 0 spiro atoms. The molecule has 0 amide bonds. The second kappa shape index (κ2) is 6.13. The van der Waals surface area contributed by atoms with E-state index < -0.39 is 0 Å². The first kappa shape index (κ1) is 13.9. The molecule has 2 heterocycles. The Hall–Kier alpha value is -3.09. The van der Waals surface area contributed by atoms with Gasteiger partial charge in [-0.2, -0.15) is 0 Å². The molecule has 0 atom stereocenters. The molecule has 0 aliphatic heterocycles. The summed E-state index contributed by atoms with van der Waals surface area (Å²) in [4.78, 5) is 22.6. The van der Waals surface area contributed by atoms with Crippen LogP contribution in [-0.2, 0) is 16.1 Å². The van der Waals surface area contributed by atoms with Crippen LogP contribution in [0.2, 0.25) is 0 Å². The van der Waals surface area contributed by atoms with E-state index in [1.165, 1.54) is 30.9 Å². The summed E-state index contributed by atoms with van der Waals surface area (Å²) in [5.74, 6) is 0.486. The topological polar surface area (TPSA) is 78.1 Å². The molecule has 0 unspecified atom stereocenters. The van der Waals surface area contributed by atoms with Gasteiger partial charge in [-0.1, -0.05) is 0 Å². The number of benzene rings is 1. The molecule has 0 fully saturated rings. The fourth-order valence-electron chi connectivity index (χ4n) is 1.89. The lowest BCUT2D eigenvalue weighted by atomic mass is 10.1. The zero-order valence-corrected chi connectivity index (χ0v) is 11.3. The molecule has 0 aliphatic carbocycles. The zero-order chi connectivity index (χ0) is 15.4. The van der Waals surface area contributed by atoms with Crippen molar-refractivity contribution < 1.29 is 18.3 Å². The van der Waals surface area contributed by atoms with Crippen LogP contribution in [0.5, 0.6) is 0 Å². The van der Waals surface area contributed by atoms with Crippen LogP contribution < -0.4 is 0 Å². The lowest BCUT2D eigenvalue weighted by Gasteiger charge is -2.02. The van der Waals surface area contributed by atoms with Crippen LogP contribution in [0.25, 0.3) is 22.8 Å². The summed E-state index contributed by atoms with van der Waals surface area (Å²) in [6.07, 6.45) is 4.35. The van der Waals surface area contributed by atoms with Gasteiger partial charge >= 0.3 is 0 Å². The van der Waals surface area contributed by atoms with Crippen LogP contribution in [-0.4, -0.2) is 21.4 Å². The molecule has 0 radical (unpaired) electrons. The Kier molecular flexibility index (Phi) is 3.86. The van der Waals surface area contributed by atoms with Crippen LogP contribution in [0.15, 0.2) is 47.5 Å². The highest BCUT2D eigenvalue weighted by atomic mass is 19.1. The third kappa shape index (κ3) is 2.83. The number of carbonyl (C=O) groups is 1. The van der Waals surface area contributed by atoms with Crippen molar-refractivity contribution in [3.8, 4) is 22.8 Å². The summed E-state index contributed by atoms with van der Waals surface area (Å²) in [5, 5.41) is 0. The highest BCUT2D eigenvalue weighted by Gasteiger charge is 2.15. The normalized spacial score (nSPS) is 10.4. The number of hydrogen-bond donors (Lipinski definition) is 0. The molecule has 22 heavy (non-hydrogen) atoms. The van der Waals surface area contributed by atoms with E-state index in [9.17, 15) is 9.18 Å². The minimum Gasteiger partial charge on any atom is -0.463 e. The Balaban J connectivity index is 1.91. The van der Waals surface area contributed by atoms with Crippen molar-refractivity contribution in [1.29, 1.82) is 0 Å². The van der Waals surface area contributed by atoms with E-state index in [4.69, 9.17) is 4.42 Å². The van der Waals surface area contributed by atoms with E-state index in [1.807, 2.05) is 0 Å². The number of nitrogens with zero attached hydrogens (tertiary/aromatic N) is 3. The number of oxazole rings is 1. The number of aromatic nitrogens is 3. The third-order valence-corrected chi connectivity index (χ3v) is 2.91. The summed E-state index contributed by atoms with van der Waals surface area (Å²) < 4.78 is 23.0. The molecule has 6 nitrogen and oxygen atoms in total. The Morgan fingerprint density at radius 1 is 1.14 bits per heavy atom. The van der Waals surface area contributed by atoms with E-state index >= 15 is 0 Å². The van der Waals surface area contributed by atoms with Gasteiger partial charge in [0.05, 0.1) is 0 Å². The highest BCUT2D eigenvalue weighted by Crippen LogP contribution is 2.28. The SMILES string of the molecule is O=COCc1cnc(-c2ncoc2-c2ccc(F)cc2)nc1. The standard InChI is InChI=1S/C15H10FN3O3/c16-12-3-1-11(2-4-12)14-13(19-8-22-14)15-17-5-10(6-18-15)7-21-9-20/h1-6,8-9H,7H2. The summed E-state index contributed by atoms with van der Waals surface area (Å²) >= 11 is 0. The van der Waals surface area contributed by atoms with E-state index in [0.29, 0.717) is 34.9 Å². The minimum absolute atomic E-state index is 0.105. The molecule has 0 saturated carbocycles. The first-order valence-corrected chi connectivity index (χ1v) is 6.34. The fourth-order valence-corrected chi connectivity index (χ4v) is 1.89. The quantitative estimate of drug-likeness (QED) is 0.674. The molecule has 2 aromatic heterocycles. The molecule has 0 aliphatic rings. The van der Waals surface area contributed by atoms with Crippen molar-refractivity contribution >= 4 is 6.47 Å². The number of carbonyl (C=O) groups excluding carboxylic acids is 1. The first-order valence-electron chi connectivity index (χ1n) is 6.34. The molecule has 0 saturated heterocycles. The largest absolute Gasteiger partial charge is 0.463 e. The summed E-state index contributed by atoms with van der Waals surface area (Å²) in [7, 11) is 0. The number of rotatable bonds is 5. The van der Waals surface area contributed by atoms with E-state index in [-0.39, 0.29) is 12.4 Å². The zero-order valence-electron chi connectivity index (χ0n) is 11.3. The molecule has 0 N–H and O–H groups in total. The van der Waals surface area contributed by atoms with Gasteiger partial charge in [-0.3, -0.25) is 4.79 Å². The molecule has 0 bridgehead atoms. The average molecular weight is 299 g/mol. The summed E-state index contributed by atoms with van der Waals surface area (Å²) in [6, 6.07) is 5.85. The van der Waals surface area contributed by atoms with Gasteiger partial charge in [0.2, 0.25) is 0 Å². The van der Waals surface area contributed by atoms with Crippen LogP contribution in [0.4, 0.5) is 4.39 Å². The van der Waals surface area contributed by atoms with Gasteiger partial charge in [0.25, 0.3) is 6.47 Å². The van der Waals surface area contributed by atoms with Crippen molar-refractivity contribution in [2.75, 3.05) is 0 Å². The minimum atomic E-state index is -0.333. The maximum absolute atomic E-state index is 13.0. The number of ether oxygens (including phenoxy) is 1. The third-order valence-electron chi connectivity index (χ3n) is 2.91. The van der Waals surface area contributed by atoms with Crippen molar-refractivity contribution in [2.45, 2.75) is 6.61 Å². The van der Waals surface area contributed by atoms with Crippen LogP contribution >= 0.6 is 0 Å². The van der Waals surface area contributed by atoms with E-state index in [0.717, 1.165) is 0 Å². The molecule has 3 rings (SSSR count). The van der Waals surface area contributed by atoms with Crippen molar-refractivity contribution in [1.82, 2.24) is 15.0 Å². The van der Waals surface area contributed by atoms with Crippen molar-refractivity contribution in [3.05, 3.63) is 54.4 Å². The molecule has 1 aromatic carbocycles. The van der Waals surface area contributed by atoms with E-state index in [2.05, 4.69) is 19.7 Å². The van der Waals surface area contributed by atoms with Crippen molar-refractivity contribution in [3.63, 3.8) is 0 Å². The number of hydrogen-bond acceptors (Lipinski definition) is 6. The smallest absolute Gasteiger partial charge is 0.293 e. The molecular weight excluding hydrogens is 289 g/mol. The van der Waals surface area contributed by atoms with Gasteiger partial charge in [-0.05, 0) is 24.3 Å². The van der Waals surface area contributed by atoms with Gasteiger partial charge in [-0.25, -0.2) is 19.3 Å². The van der Waals surface area contributed by atoms with E-state index in [1.54, 1.807) is 12.1 Å². The number of halogens is 1. The Bertz CT molecular complexity index is 769. The van der Waals surface area contributed by atoms with Crippen LogP contribution in [0.1, 0.15) is 5.56 Å². The second-order valence-corrected chi connectivity index (χ2v) is 4.36. The molecule has 110 valence electrons. The average Bonchev–Trinajstić information content (AvgIpc) is 3.04. The monoisotopic (exact) mass is 299 g/mol. The summed E-state index contributed by atoms with van der Waals surface area (Å²) in [6.45, 7) is 0.464. The first-order chi connectivity index (χ1) is 10.8. The van der Waals surface area contributed by atoms with Gasteiger partial charge in [0.15, 0.2) is 23.7 Å². The Morgan fingerprint density at radius 2 is 1.86 bits per heavy atom. The van der Waals surface area contributed by atoms with Gasteiger partial charge < -0.3 is 9.15 Å².